The van der Waals surface area contributed by atoms with E-state index in [1.807, 2.05) is 0 Å². The molecule has 17 heavy (non-hydrogen) atoms. The van der Waals surface area contributed by atoms with E-state index >= 15 is 0 Å². The van der Waals surface area contributed by atoms with Gasteiger partial charge in [-0.05, 0) is 57.0 Å². The molecule has 0 spiro atoms. The Balaban J connectivity index is 1.85. The molecule has 2 rings (SSSR count). The summed E-state index contributed by atoms with van der Waals surface area (Å²) in [4.78, 5) is 2.77. The number of hydrogen-bond donors (Lipinski definition) is 1. The van der Waals surface area contributed by atoms with E-state index in [4.69, 9.17) is 0 Å². The number of piperidine rings is 1. The fourth-order valence-corrected chi connectivity index (χ4v) is 4.52. The molecule has 0 radical (unpaired) electrons. The third-order valence-electron chi connectivity index (χ3n) is 4.39. The van der Waals surface area contributed by atoms with Gasteiger partial charge < -0.3 is 5.32 Å². The van der Waals surface area contributed by atoms with Crippen molar-refractivity contribution >= 4 is 11.8 Å². The Kier molecular flexibility index (Phi) is 5.64. The van der Waals surface area contributed by atoms with Gasteiger partial charge in [-0.25, -0.2) is 0 Å². The van der Waals surface area contributed by atoms with Crippen LogP contribution in [0.1, 0.15) is 39.5 Å². The van der Waals surface area contributed by atoms with Gasteiger partial charge >= 0.3 is 0 Å². The summed E-state index contributed by atoms with van der Waals surface area (Å²) in [6, 6.07) is 0.841. The molecule has 3 heteroatoms. The van der Waals surface area contributed by atoms with Crippen molar-refractivity contribution in [3.05, 3.63) is 0 Å². The maximum Gasteiger partial charge on any atom is 0.0212 e. The molecule has 0 bridgehead atoms. The average Bonchev–Trinajstić information content (AvgIpc) is 2.38. The van der Waals surface area contributed by atoms with Crippen LogP contribution in [0.25, 0.3) is 0 Å². The van der Waals surface area contributed by atoms with Crippen molar-refractivity contribution in [3.8, 4) is 0 Å². The predicted molar refractivity (Wildman–Crippen MR) is 77.8 cm³/mol. The molecule has 2 aliphatic heterocycles. The lowest BCUT2D eigenvalue weighted by Gasteiger charge is -2.40. The van der Waals surface area contributed by atoms with Crippen LogP contribution in [-0.4, -0.2) is 48.1 Å². The van der Waals surface area contributed by atoms with Crippen LogP contribution >= 0.6 is 11.8 Å². The Morgan fingerprint density at radius 3 is 2.65 bits per heavy atom. The Morgan fingerprint density at radius 1 is 1.24 bits per heavy atom. The number of nitrogens with zero attached hydrogens (tertiary/aromatic N) is 1. The van der Waals surface area contributed by atoms with Crippen LogP contribution in [0.5, 0.6) is 0 Å². The van der Waals surface area contributed by atoms with Crippen molar-refractivity contribution in [1.29, 1.82) is 0 Å². The van der Waals surface area contributed by atoms with Crippen LogP contribution in [0, 0.1) is 5.92 Å². The minimum Gasteiger partial charge on any atom is -0.317 e. The minimum atomic E-state index is 0.838. The molecule has 0 aromatic carbocycles. The molecule has 2 nitrogen and oxygen atoms in total. The van der Waals surface area contributed by atoms with E-state index in [0.29, 0.717) is 0 Å². The Morgan fingerprint density at radius 2 is 2.00 bits per heavy atom. The topological polar surface area (TPSA) is 15.3 Å². The first-order valence-electron chi connectivity index (χ1n) is 7.37. The van der Waals surface area contributed by atoms with E-state index in [0.717, 1.165) is 17.2 Å². The number of thioether (sulfide) groups is 1. The van der Waals surface area contributed by atoms with Gasteiger partial charge in [-0.1, -0.05) is 13.8 Å². The molecular weight excluding hydrogens is 228 g/mol. The zero-order valence-corrected chi connectivity index (χ0v) is 12.3. The van der Waals surface area contributed by atoms with Crippen molar-refractivity contribution in [2.45, 2.75) is 50.8 Å². The molecule has 2 saturated heterocycles. The first-order chi connectivity index (χ1) is 8.31. The summed E-state index contributed by atoms with van der Waals surface area (Å²) in [5, 5.41) is 4.31. The van der Waals surface area contributed by atoms with E-state index in [-0.39, 0.29) is 0 Å². The third kappa shape index (κ3) is 3.87. The summed E-state index contributed by atoms with van der Waals surface area (Å²) < 4.78 is 0. The van der Waals surface area contributed by atoms with Crippen molar-refractivity contribution in [1.82, 2.24) is 10.2 Å². The highest BCUT2D eigenvalue weighted by molar-refractivity contribution is 7.99. The van der Waals surface area contributed by atoms with Gasteiger partial charge in [0.1, 0.15) is 0 Å². The smallest absolute Gasteiger partial charge is 0.0212 e. The molecule has 0 aliphatic carbocycles. The van der Waals surface area contributed by atoms with Gasteiger partial charge in [0.2, 0.25) is 0 Å². The lowest BCUT2D eigenvalue weighted by atomic mass is 9.95. The number of nitrogens with one attached hydrogen (secondary N) is 1. The summed E-state index contributed by atoms with van der Waals surface area (Å²) >= 11 is 2.18. The molecule has 1 N–H and O–H groups in total. The van der Waals surface area contributed by atoms with E-state index < -0.39 is 0 Å². The summed E-state index contributed by atoms with van der Waals surface area (Å²) in [5.41, 5.74) is 0. The number of hydrogen-bond acceptors (Lipinski definition) is 3. The third-order valence-corrected chi connectivity index (χ3v) is 5.76. The summed E-state index contributed by atoms with van der Waals surface area (Å²) in [5.74, 6) is 2.32. The van der Waals surface area contributed by atoms with Gasteiger partial charge in [0.05, 0.1) is 0 Å². The molecule has 2 heterocycles. The SMILES string of the molecule is CCN(CC1CCNCC1)C1CCCSC1C. The maximum atomic E-state index is 3.47. The van der Waals surface area contributed by atoms with Crippen LogP contribution in [0.15, 0.2) is 0 Å². The average molecular weight is 256 g/mol. The van der Waals surface area contributed by atoms with Crippen molar-refractivity contribution < 1.29 is 0 Å². The normalized spacial score (nSPS) is 31.9. The first-order valence-corrected chi connectivity index (χ1v) is 8.42. The van der Waals surface area contributed by atoms with Gasteiger partial charge in [-0.2, -0.15) is 11.8 Å². The van der Waals surface area contributed by atoms with Gasteiger partial charge in [0.15, 0.2) is 0 Å². The molecule has 100 valence electrons. The van der Waals surface area contributed by atoms with E-state index in [1.54, 1.807) is 0 Å². The molecule has 2 aliphatic rings. The summed E-state index contributed by atoms with van der Waals surface area (Å²) in [6.07, 6.45) is 5.60. The van der Waals surface area contributed by atoms with Crippen molar-refractivity contribution in [3.63, 3.8) is 0 Å². The van der Waals surface area contributed by atoms with Gasteiger partial charge in [0.25, 0.3) is 0 Å². The molecule has 0 saturated carbocycles. The lowest BCUT2D eigenvalue weighted by molar-refractivity contribution is 0.148. The van der Waals surface area contributed by atoms with Crippen LogP contribution in [-0.2, 0) is 0 Å². The summed E-state index contributed by atoms with van der Waals surface area (Å²) in [6.45, 7) is 9.81. The second-order valence-corrected chi connectivity index (χ2v) is 7.05. The second-order valence-electron chi connectivity index (χ2n) is 5.57. The quantitative estimate of drug-likeness (QED) is 0.832. The summed E-state index contributed by atoms with van der Waals surface area (Å²) in [7, 11) is 0. The Hall–Kier alpha value is 0.270. The Labute approximate surface area is 111 Å². The zero-order valence-electron chi connectivity index (χ0n) is 11.5. The zero-order chi connectivity index (χ0) is 12.1. The molecular formula is C14H28N2S. The van der Waals surface area contributed by atoms with E-state index in [2.05, 4.69) is 35.8 Å². The van der Waals surface area contributed by atoms with Crippen molar-refractivity contribution in [2.24, 2.45) is 5.92 Å². The standard InChI is InChI=1S/C14H28N2S/c1-3-16(11-13-6-8-15-9-7-13)14-5-4-10-17-12(14)2/h12-15H,3-11H2,1-2H3. The van der Waals surface area contributed by atoms with Gasteiger partial charge in [-0.3, -0.25) is 4.90 Å². The molecule has 0 aromatic heterocycles. The fraction of sp³-hybridized carbons (Fsp3) is 1.00. The highest BCUT2D eigenvalue weighted by Gasteiger charge is 2.28. The maximum absolute atomic E-state index is 3.47. The number of rotatable bonds is 4. The van der Waals surface area contributed by atoms with Gasteiger partial charge in [-0.15, -0.1) is 0 Å². The monoisotopic (exact) mass is 256 g/mol. The van der Waals surface area contributed by atoms with E-state index in [9.17, 15) is 0 Å². The Bertz CT molecular complexity index is 216. The lowest BCUT2D eigenvalue weighted by Crippen LogP contribution is -2.46. The molecule has 0 amide bonds. The highest BCUT2D eigenvalue weighted by Crippen LogP contribution is 2.30. The molecule has 2 atom stereocenters. The second kappa shape index (κ2) is 7.01. The van der Waals surface area contributed by atoms with Gasteiger partial charge in [0, 0.05) is 17.8 Å². The van der Waals surface area contributed by atoms with Crippen LogP contribution in [0.2, 0.25) is 0 Å². The van der Waals surface area contributed by atoms with Crippen LogP contribution < -0.4 is 5.32 Å². The molecule has 2 fully saturated rings. The van der Waals surface area contributed by atoms with Crippen LogP contribution in [0.4, 0.5) is 0 Å². The molecule has 0 aromatic rings. The minimum absolute atomic E-state index is 0.838. The first kappa shape index (κ1) is 13.7. The van der Waals surface area contributed by atoms with E-state index in [1.165, 1.54) is 57.6 Å². The van der Waals surface area contributed by atoms with Crippen molar-refractivity contribution in [2.75, 3.05) is 31.9 Å². The van der Waals surface area contributed by atoms with Crippen LogP contribution in [0.3, 0.4) is 0 Å². The predicted octanol–water partition coefficient (Wildman–Crippen LogP) is 2.59. The highest BCUT2D eigenvalue weighted by atomic mass is 32.2. The largest absolute Gasteiger partial charge is 0.317 e. The fourth-order valence-electron chi connectivity index (χ4n) is 3.28. The molecule has 2 unspecified atom stereocenters.